The van der Waals surface area contributed by atoms with Crippen molar-refractivity contribution in [3.05, 3.63) is 65.5 Å². The van der Waals surface area contributed by atoms with Gasteiger partial charge in [0.1, 0.15) is 0 Å². The highest BCUT2D eigenvalue weighted by molar-refractivity contribution is 5.36. The Bertz CT molecular complexity index is 677. The highest BCUT2D eigenvalue weighted by Crippen LogP contribution is 2.25. The average Bonchev–Trinajstić information content (AvgIpc) is 2.93. The van der Waals surface area contributed by atoms with Crippen LogP contribution in [0.4, 0.5) is 4.39 Å². The number of aliphatic hydroxyl groups excluding tert-OH is 1. The molecule has 0 aromatic heterocycles. The lowest BCUT2D eigenvalue weighted by Gasteiger charge is -2.19. The summed E-state index contributed by atoms with van der Waals surface area (Å²) >= 11 is 0. The molecule has 1 saturated heterocycles. The first kappa shape index (κ1) is 17.9. The van der Waals surface area contributed by atoms with E-state index in [-0.39, 0.29) is 11.9 Å². The summed E-state index contributed by atoms with van der Waals surface area (Å²) in [5, 5.41) is 9.71. The van der Waals surface area contributed by atoms with Crippen LogP contribution in [0.15, 0.2) is 48.5 Å². The normalized spacial score (nSPS) is 20.8. The summed E-state index contributed by atoms with van der Waals surface area (Å²) in [6.45, 7) is 1.16. The number of halogens is 1. The molecule has 0 saturated carbocycles. The highest BCUT2D eigenvalue weighted by Gasteiger charge is 2.27. The van der Waals surface area contributed by atoms with Gasteiger partial charge in [0.05, 0.1) is 12.7 Å². The smallest absolute Gasteiger partial charge is 0.165 e. The van der Waals surface area contributed by atoms with Crippen LogP contribution in [0.25, 0.3) is 0 Å². The van der Waals surface area contributed by atoms with Gasteiger partial charge in [-0.15, -0.1) is 0 Å². The lowest BCUT2D eigenvalue weighted by atomic mass is 10.0. The third-order valence-electron chi connectivity index (χ3n) is 4.94. The van der Waals surface area contributed by atoms with Gasteiger partial charge in [-0.25, -0.2) is 4.39 Å². The van der Waals surface area contributed by atoms with Gasteiger partial charge in [0, 0.05) is 12.6 Å². The van der Waals surface area contributed by atoms with Crippen LogP contribution in [0.1, 0.15) is 24.0 Å². The molecule has 1 aliphatic heterocycles. The molecule has 1 N–H and O–H groups in total. The van der Waals surface area contributed by atoms with Gasteiger partial charge < -0.3 is 14.7 Å². The first-order chi connectivity index (χ1) is 12.1. The van der Waals surface area contributed by atoms with E-state index in [0.717, 1.165) is 31.2 Å². The maximum absolute atomic E-state index is 14.2. The zero-order valence-electron chi connectivity index (χ0n) is 14.7. The number of likely N-dealkylation sites (N-methyl/N-ethyl adjacent to an activating group) is 1. The second-order valence-electron chi connectivity index (χ2n) is 6.83. The van der Waals surface area contributed by atoms with Gasteiger partial charge in [-0.3, -0.25) is 0 Å². The number of hydrogen-bond acceptors (Lipinski definition) is 3. The average molecular weight is 343 g/mol. The molecule has 3 rings (SSSR count). The quantitative estimate of drug-likeness (QED) is 0.836. The third kappa shape index (κ3) is 4.80. The van der Waals surface area contributed by atoms with Crippen LogP contribution in [0.3, 0.4) is 0 Å². The van der Waals surface area contributed by atoms with Crippen molar-refractivity contribution >= 4 is 0 Å². The first-order valence-electron chi connectivity index (χ1n) is 8.96. The van der Waals surface area contributed by atoms with E-state index < -0.39 is 0 Å². The van der Waals surface area contributed by atoms with Crippen molar-refractivity contribution < 1.29 is 14.2 Å². The lowest BCUT2D eigenvalue weighted by Crippen LogP contribution is -2.27. The van der Waals surface area contributed by atoms with Crippen LogP contribution in [0, 0.1) is 5.82 Å². The molecule has 2 atom stereocenters. The van der Waals surface area contributed by atoms with E-state index in [1.807, 2.05) is 31.3 Å². The topological polar surface area (TPSA) is 32.7 Å². The molecule has 1 fully saturated rings. The van der Waals surface area contributed by atoms with Crippen LogP contribution in [-0.4, -0.2) is 42.4 Å². The molecule has 0 unspecified atom stereocenters. The Morgan fingerprint density at radius 1 is 1.12 bits per heavy atom. The van der Waals surface area contributed by atoms with Crippen molar-refractivity contribution in [3.8, 4) is 5.75 Å². The van der Waals surface area contributed by atoms with Crippen LogP contribution in [0.2, 0.25) is 0 Å². The molecule has 2 aromatic carbocycles. The Morgan fingerprint density at radius 3 is 2.64 bits per heavy atom. The number of aryl methyl sites for hydroxylation is 2. The number of ether oxygens (including phenoxy) is 1. The summed E-state index contributed by atoms with van der Waals surface area (Å²) in [5.41, 5.74) is 2.14. The lowest BCUT2D eigenvalue weighted by molar-refractivity contribution is 0.182. The molecule has 25 heavy (non-hydrogen) atoms. The molecule has 134 valence electrons. The minimum atomic E-state index is -0.301. The van der Waals surface area contributed by atoms with E-state index in [2.05, 4.69) is 17.0 Å². The second-order valence-corrected chi connectivity index (χ2v) is 6.83. The van der Waals surface area contributed by atoms with Crippen molar-refractivity contribution in [3.63, 3.8) is 0 Å². The van der Waals surface area contributed by atoms with Crippen molar-refractivity contribution in [2.24, 2.45) is 0 Å². The maximum Gasteiger partial charge on any atom is 0.165 e. The standard InChI is InChI=1S/C21H26FNO2/c1-23-15-19(24)14-18(23)12-13-25-21-17(8-5-9-20(21)22)11-10-16-6-3-2-4-7-16/h2-9,18-19,24H,10-15H2,1H3/t18-,19-/m1/s1. The van der Waals surface area contributed by atoms with Gasteiger partial charge >= 0.3 is 0 Å². The zero-order valence-corrected chi connectivity index (χ0v) is 14.7. The Morgan fingerprint density at radius 2 is 1.92 bits per heavy atom. The van der Waals surface area contributed by atoms with E-state index in [4.69, 9.17) is 4.74 Å². The summed E-state index contributed by atoms with van der Waals surface area (Å²) in [4.78, 5) is 2.14. The number of rotatable bonds is 7. The summed E-state index contributed by atoms with van der Waals surface area (Å²) in [6, 6.07) is 15.6. The van der Waals surface area contributed by atoms with Crippen LogP contribution in [-0.2, 0) is 12.8 Å². The minimum absolute atomic E-state index is 0.259. The summed E-state index contributed by atoms with van der Waals surface area (Å²) in [6.07, 6.45) is 2.90. The SMILES string of the molecule is CN1C[C@H](O)C[C@H]1CCOc1c(F)cccc1CCc1ccccc1. The fourth-order valence-electron chi connectivity index (χ4n) is 3.52. The van der Waals surface area contributed by atoms with Gasteiger partial charge in [0.15, 0.2) is 11.6 Å². The number of nitrogens with zero attached hydrogens (tertiary/aromatic N) is 1. The van der Waals surface area contributed by atoms with E-state index in [9.17, 15) is 9.50 Å². The molecule has 4 heteroatoms. The summed E-state index contributed by atoms with van der Waals surface area (Å²) in [5.74, 6) is 0.0741. The van der Waals surface area contributed by atoms with Gasteiger partial charge in [-0.05, 0) is 49.9 Å². The number of aliphatic hydroxyl groups is 1. The van der Waals surface area contributed by atoms with Gasteiger partial charge in [-0.2, -0.15) is 0 Å². The summed E-state index contributed by atoms with van der Waals surface area (Å²) < 4.78 is 20.1. The molecule has 0 amide bonds. The maximum atomic E-state index is 14.2. The Hall–Kier alpha value is -1.91. The molecular formula is C21H26FNO2. The minimum Gasteiger partial charge on any atom is -0.490 e. The molecule has 0 radical (unpaired) electrons. The Labute approximate surface area is 149 Å². The molecule has 0 aliphatic carbocycles. The molecule has 0 spiro atoms. The zero-order chi connectivity index (χ0) is 17.6. The molecule has 1 heterocycles. The Kier molecular flexibility index (Phi) is 6.05. The Balaban J connectivity index is 1.58. The fourth-order valence-corrected chi connectivity index (χ4v) is 3.52. The van der Waals surface area contributed by atoms with E-state index in [1.54, 1.807) is 6.07 Å². The number of para-hydroxylation sites is 1. The highest BCUT2D eigenvalue weighted by atomic mass is 19.1. The van der Waals surface area contributed by atoms with Gasteiger partial charge in [-0.1, -0.05) is 42.5 Å². The molecule has 2 aromatic rings. The monoisotopic (exact) mass is 343 g/mol. The number of likely N-dealkylation sites (tertiary alicyclic amines) is 1. The van der Waals surface area contributed by atoms with Gasteiger partial charge in [0.2, 0.25) is 0 Å². The molecule has 0 bridgehead atoms. The van der Waals surface area contributed by atoms with E-state index in [1.165, 1.54) is 11.6 Å². The number of benzene rings is 2. The molecule has 1 aliphatic rings. The molecular weight excluding hydrogens is 317 g/mol. The predicted octanol–water partition coefficient (Wildman–Crippen LogP) is 3.44. The third-order valence-corrected chi connectivity index (χ3v) is 4.94. The molecule has 3 nitrogen and oxygen atoms in total. The van der Waals surface area contributed by atoms with Crippen LogP contribution >= 0.6 is 0 Å². The van der Waals surface area contributed by atoms with Gasteiger partial charge in [0.25, 0.3) is 0 Å². The van der Waals surface area contributed by atoms with Crippen molar-refractivity contribution in [2.45, 2.75) is 37.8 Å². The second kappa shape index (κ2) is 8.45. The fraction of sp³-hybridized carbons (Fsp3) is 0.429. The number of β-amino-alcohol motifs (C(OH)–C–C–N with tert-alkyl or cyclic N) is 1. The summed E-state index contributed by atoms with van der Waals surface area (Å²) in [7, 11) is 2.01. The van der Waals surface area contributed by atoms with Crippen molar-refractivity contribution in [1.29, 1.82) is 0 Å². The largest absolute Gasteiger partial charge is 0.490 e. The van der Waals surface area contributed by atoms with E-state index >= 15 is 0 Å². The predicted molar refractivity (Wildman–Crippen MR) is 97.4 cm³/mol. The first-order valence-corrected chi connectivity index (χ1v) is 8.96. The van der Waals surface area contributed by atoms with Crippen LogP contribution in [0.5, 0.6) is 5.75 Å². The van der Waals surface area contributed by atoms with Crippen molar-refractivity contribution in [2.75, 3.05) is 20.2 Å². The number of hydrogen-bond donors (Lipinski definition) is 1. The van der Waals surface area contributed by atoms with Crippen LogP contribution < -0.4 is 4.74 Å². The van der Waals surface area contributed by atoms with Crippen molar-refractivity contribution in [1.82, 2.24) is 4.90 Å². The van der Waals surface area contributed by atoms with E-state index in [0.29, 0.717) is 24.9 Å².